The second-order valence-electron chi connectivity index (χ2n) is 24.1. The molecule has 0 aromatic carbocycles. The fourth-order valence-corrected chi connectivity index (χ4v) is 11.2. The maximum Gasteiger partial charge on any atom is 0.245 e. The highest BCUT2D eigenvalue weighted by Crippen LogP contribution is 2.24. The summed E-state index contributed by atoms with van der Waals surface area (Å²) in [5.41, 5.74) is 18.2. The summed E-state index contributed by atoms with van der Waals surface area (Å²) in [4.78, 5) is 80.0. The Bertz CT molecular complexity index is 2560. The number of piperazine rings is 2. The predicted octanol–water partition coefficient (Wildman–Crippen LogP) is 5.26. The molecule has 3 atom stereocenters. The van der Waals surface area contributed by atoms with Crippen molar-refractivity contribution in [1.29, 1.82) is 0 Å². The van der Waals surface area contributed by atoms with E-state index in [2.05, 4.69) is 71.1 Å². The van der Waals surface area contributed by atoms with Crippen LogP contribution in [0, 0.1) is 25.2 Å². The molecule has 0 radical (unpaired) electrons. The summed E-state index contributed by atoms with van der Waals surface area (Å²) >= 11 is 0. The molecular formula is C64H112N20O7. The Kier molecular flexibility index (Phi) is 37.5. The lowest BCUT2D eigenvalue weighted by Gasteiger charge is -2.36. The zero-order chi connectivity index (χ0) is 65.1. The summed E-state index contributed by atoms with van der Waals surface area (Å²) in [6.45, 7) is 16.2. The molecule has 3 aromatic rings. The van der Waals surface area contributed by atoms with Crippen LogP contribution in [0.25, 0.3) is 0 Å². The number of nitrogens with two attached hydrogens (primary N) is 3. The number of ether oxygens (including phenoxy) is 3. The molecule has 2 aliphatic rings. The molecule has 5 heterocycles. The topological polar surface area (TPSA) is 336 Å². The number of guanidine groups is 1. The Hall–Kier alpha value is -6.76. The Morgan fingerprint density at radius 2 is 1.14 bits per heavy atom. The number of carbonyl (C=O) groups excluding carboxylic acids is 4. The monoisotopic (exact) mass is 1270 g/mol. The molecule has 0 spiro atoms. The van der Waals surface area contributed by atoms with E-state index in [0.717, 1.165) is 153 Å². The van der Waals surface area contributed by atoms with E-state index in [4.69, 9.17) is 52.8 Å². The van der Waals surface area contributed by atoms with Gasteiger partial charge in [0.05, 0.1) is 44.4 Å². The number of aryl methyl sites for hydroxylation is 2. The third kappa shape index (κ3) is 30.0. The van der Waals surface area contributed by atoms with Gasteiger partial charge >= 0.3 is 0 Å². The summed E-state index contributed by atoms with van der Waals surface area (Å²) in [5, 5.41) is 26.5. The van der Waals surface area contributed by atoms with Crippen LogP contribution in [0.2, 0.25) is 0 Å². The molecule has 2 fully saturated rings. The highest BCUT2D eigenvalue weighted by molar-refractivity contribution is 5.81. The normalized spacial score (nSPS) is 14.5. The molecule has 4 amide bonds. The number of amides is 4. The van der Waals surface area contributed by atoms with Crippen molar-refractivity contribution in [3.63, 3.8) is 0 Å². The van der Waals surface area contributed by atoms with Gasteiger partial charge in [-0.25, -0.2) is 9.36 Å². The Labute approximate surface area is 541 Å². The molecule has 0 unspecified atom stereocenters. The number of nitrogens with one attached hydrogen (secondary N) is 3. The van der Waals surface area contributed by atoms with Gasteiger partial charge in [0.25, 0.3) is 0 Å². The quantitative estimate of drug-likeness (QED) is 0.0182. The number of aromatic nitrogens is 9. The molecule has 3 aromatic heterocycles. The minimum Gasteiger partial charge on any atom is -0.377 e. The van der Waals surface area contributed by atoms with Crippen LogP contribution in [-0.4, -0.2) is 209 Å². The number of carbonyl (C=O) groups is 4. The zero-order valence-corrected chi connectivity index (χ0v) is 55.4. The van der Waals surface area contributed by atoms with Crippen LogP contribution in [0.5, 0.6) is 0 Å². The lowest BCUT2D eigenvalue weighted by Crippen LogP contribution is -2.50. The van der Waals surface area contributed by atoms with Crippen molar-refractivity contribution in [1.82, 2.24) is 65.4 Å². The van der Waals surface area contributed by atoms with Gasteiger partial charge in [0.1, 0.15) is 18.7 Å². The average molecular weight is 1270 g/mol. The maximum atomic E-state index is 13.4. The highest BCUT2D eigenvalue weighted by atomic mass is 16.5. The van der Waals surface area contributed by atoms with E-state index in [9.17, 15) is 19.2 Å². The molecular weight excluding hydrogens is 1160 g/mol. The van der Waals surface area contributed by atoms with E-state index in [1.165, 1.54) is 0 Å². The molecule has 9 N–H and O–H groups in total. The van der Waals surface area contributed by atoms with Crippen molar-refractivity contribution >= 4 is 47.4 Å². The molecule has 0 aliphatic carbocycles. The second-order valence-corrected chi connectivity index (χ2v) is 24.1. The van der Waals surface area contributed by atoms with Gasteiger partial charge in [-0.15, -0.1) is 16.6 Å². The van der Waals surface area contributed by atoms with Gasteiger partial charge in [0.2, 0.25) is 41.5 Å². The van der Waals surface area contributed by atoms with Crippen LogP contribution in [0.15, 0.2) is 17.4 Å². The molecule has 2 aliphatic heterocycles. The predicted molar refractivity (Wildman–Crippen MR) is 355 cm³/mol. The highest BCUT2D eigenvalue weighted by Gasteiger charge is 2.29. The van der Waals surface area contributed by atoms with E-state index in [-0.39, 0.29) is 48.2 Å². The van der Waals surface area contributed by atoms with Crippen molar-refractivity contribution in [3.05, 3.63) is 23.8 Å². The van der Waals surface area contributed by atoms with Gasteiger partial charge in [-0.2, -0.15) is 15.0 Å². The number of terminal acetylenes is 1. The average Bonchev–Trinajstić information content (AvgIpc) is 3.09. The van der Waals surface area contributed by atoms with Gasteiger partial charge in [-0.1, -0.05) is 114 Å². The SMILES string of the molecule is C#CCOCCOCCOCCNc1nc(N2CCN(C(=O)CCCCCCCCCCNC(=O)[C@@H](CCCCN)n3cc(C)nn3)CC2)nc(N2CCN(C(=O)CCCCCCCCCCNC(=O)[C@H]([C@@H](C)CC)n3cc(CCCCN=C(N)N)nn3)CC2)n1. The minimum atomic E-state index is -0.403. The van der Waals surface area contributed by atoms with E-state index in [1.807, 2.05) is 29.1 Å². The molecule has 5 rings (SSSR count). The molecule has 510 valence electrons. The van der Waals surface area contributed by atoms with Crippen LogP contribution in [-0.2, 0) is 39.8 Å². The van der Waals surface area contributed by atoms with Crippen molar-refractivity contribution in [2.45, 2.75) is 193 Å². The fraction of sp³-hybridized carbons (Fsp3) is 0.781. The first-order valence-corrected chi connectivity index (χ1v) is 34.2. The van der Waals surface area contributed by atoms with E-state index in [1.54, 1.807) is 9.36 Å². The molecule has 0 saturated carbocycles. The fourth-order valence-electron chi connectivity index (χ4n) is 11.2. The van der Waals surface area contributed by atoms with Crippen molar-refractivity contribution < 1.29 is 33.4 Å². The first-order chi connectivity index (χ1) is 44.4. The Morgan fingerprint density at radius 3 is 1.67 bits per heavy atom. The van der Waals surface area contributed by atoms with Crippen LogP contribution in [0.1, 0.15) is 191 Å². The summed E-state index contributed by atoms with van der Waals surface area (Å²) in [5.74, 6) is 4.57. The van der Waals surface area contributed by atoms with Gasteiger partial charge in [0, 0.05) is 104 Å². The van der Waals surface area contributed by atoms with Crippen molar-refractivity contribution in [3.8, 4) is 12.3 Å². The summed E-state index contributed by atoms with van der Waals surface area (Å²) in [6.07, 6.45) is 32.5. The lowest BCUT2D eigenvalue weighted by molar-refractivity contribution is -0.132. The number of aliphatic imine (C=N–C) groups is 1. The lowest BCUT2D eigenvalue weighted by atomic mass is 9.98. The van der Waals surface area contributed by atoms with Gasteiger partial charge in [0.15, 0.2) is 5.96 Å². The van der Waals surface area contributed by atoms with Crippen LogP contribution < -0.4 is 43.0 Å². The van der Waals surface area contributed by atoms with E-state index >= 15 is 0 Å². The zero-order valence-electron chi connectivity index (χ0n) is 55.4. The summed E-state index contributed by atoms with van der Waals surface area (Å²) in [6, 6.07) is -0.766. The largest absolute Gasteiger partial charge is 0.377 e. The van der Waals surface area contributed by atoms with Crippen LogP contribution >= 0.6 is 0 Å². The second kappa shape index (κ2) is 45.5. The third-order valence-corrected chi connectivity index (χ3v) is 16.7. The molecule has 27 nitrogen and oxygen atoms in total. The molecule has 2 saturated heterocycles. The van der Waals surface area contributed by atoms with E-state index in [0.29, 0.717) is 155 Å². The molecule has 0 bridgehead atoms. The number of rotatable bonds is 50. The number of unbranched alkanes of at least 4 members (excludes halogenated alkanes) is 16. The van der Waals surface area contributed by atoms with Gasteiger partial charge < -0.3 is 67.0 Å². The standard InChI is InChI=1S/C64H112N20O7/c1-5-44-89-46-48-91-49-47-90-45-35-71-62-72-63(81-40-36-79(37-41-81)56(85)29-19-15-11-7-9-13-17-24-32-68-59(87)55(28-21-23-31-65)83-50-53(4)75-77-83)74-64(73-62)82-42-38-80(39-43-82)57(86)30-20-16-12-8-10-14-18-25-33-69-60(88)58(52(3)6-2)84-51-54(76-78-84)27-22-26-34-70-61(66)67/h1,50-52,55,58H,6-49,65H2,2-4H3,(H,68,87)(H,69,88)(H4,66,67,70)(H,71,72,73,74)/t52-,55+,58-/m0/s1. The molecule has 27 heteroatoms. The number of anilines is 3. The Morgan fingerprint density at radius 1 is 0.615 bits per heavy atom. The van der Waals surface area contributed by atoms with Crippen LogP contribution in [0.4, 0.5) is 17.8 Å². The smallest absolute Gasteiger partial charge is 0.245 e. The minimum absolute atomic E-state index is 0.0135. The summed E-state index contributed by atoms with van der Waals surface area (Å²) < 4.78 is 20.0. The number of hydrogen-bond acceptors (Lipinski definition) is 19. The van der Waals surface area contributed by atoms with Gasteiger partial charge in [-0.05, 0) is 83.6 Å². The third-order valence-electron chi connectivity index (χ3n) is 16.7. The number of nitrogens with zero attached hydrogens (tertiary/aromatic N) is 14. The first kappa shape index (κ1) is 75.0. The first-order valence-electron chi connectivity index (χ1n) is 34.2. The summed E-state index contributed by atoms with van der Waals surface area (Å²) in [7, 11) is 0. The van der Waals surface area contributed by atoms with E-state index < -0.39 is 6.04 Å². The maximum absolute atomic E-state index is 13.4. The van der Waals surface area contributed by atoms with Crippen LogP contribution in [0.3, 0.4) is 0 Å². The van der Waals surface area contributed by atoms with Gasteiger partial charge in [-0.3, -0.25) is 24.2 Å². The van der Waals surface area contributed by atoms with Crippen molar-refractivity contribution in [2.24, 2.45) is 28.1 Å². The van der Waals surface area contributed by atoms with Crippen molar-refractivity contribution in [2.75, 3.05) is 140 Å². The molecule has 91 heavy (non-hydrogen) atoms. The Balaban J connectivity index is 0.953. The number of hydrogen-bond donors (Lipinski definition) is 6.